The second-order valence-corrected chi connectivity index (χ2v) is 5.44. The lowest BCUT2D eigenvalue weighted by atomic mass is 10.2. The van der Waals surface area contributed by atoms with E-state index < -0.39 is 0 Å². The van der Waals surface area contributed by atoms with Crippen LogP contribution in [-0.2, 0) is 4.74 Å². The molecule has 1 unspecified atom stereocenters. The molecule has 82 valence electrons. The molecule has 1 aliphatic carbocycles. The summed E-state index contributed by atoms with van der Waals surface area (Å²) in [6, 6.07) is 0.757. The van der Waals surface area contributed by atoms with E-state index in [2.05, 4.69) is 17.1 Å². The summed E-state index contributed by atoms with van der Waals surface area (Å²) < 4.78 is 5.79. The number of hydrogen-bond acceptors (Lipinski definition) is 3. The maximum atomic E-state index is 5.79. The molecule has 1 N–H and O–H groups in total. The minimum atomic E-state index is 0.578. The quantitative estimate of drug-likeness (QED) is 0.709. The normalized spacial score (nSPS) is 28.7. The zero-order chi connectivity index (χ0) is 9.64. The first kappa shape index (κ1) is 10.8. The van der Waals surface area contributed by atoms with E-state index in [-0.39, 0.29) is 0 Å². The predicted octanol–water partition coefficient (Wildman–Crippen LogP) is 2.04. The molecule has 1 saturated heterocycles. The van der Waals surface area contributed by atoms with E-state index in [0.717, 1.165) is 19.2 Å². The second-order valence-electron chi connectivity index (χ2n) is 4.29. The molecule has 1 aliphatic heterocycles. The van der Waals surface area contributed by atoms with E-state index in [1.165, 1.54) is 43.6 Å². The summed E-state index contributed by atoms with van der Waals surface area (Å²) in [6.45, 7) is 1.95. The first-order chi connectivity index (χ1) is 6.95. The molecule has 3 heteroatoms. The van der Waals surface area contributed by atoms with Crippen LogP contribution in [0.2, 0.25) is 0 Å². The van der Waals surface area contributed by atoms with Crippen LogP contribution in [0.15, 0.2) is 0 Å². The van der Waals surface area contributed by atoms with Crippen molar-refractivity contribution in [1.29, 1.82) is 0 Å². The Kier molecular flexibility index (Phi) is 4.61. The molecule has 2 nitrogen and oxygen atoms in total. The van der Waals surface area contributed by atoms with E-state index in [9.17, 15) is 0 Å². The topological polar surface area (TPSA) is 21.3 Å². The highest BCUT2D eigenvalue weighted by Gasteiger charge is 2.16. The zero-order valence-electron chi connectivity index (χ0n) is 8.84. The van der Waals surface area contributed by atoms with Gasteiger partial charge in [-0.15, -0.1) is 0 Å². The van der Waals surface area contributed by atoms with E-state index in [0.29, 0.717) is 6.10 Å². The Hall–Kier alpha value is 0.270. The van der Waals surface area contributed by atoms with Crippen molar-refractivity contribution >= 4 is 11.8 Å². The molecule has 0 aromatic rings. The van der Waals surface area contributed by atoms with Gasteiger partial charge in [-0.05, 0) is 25.0 Å². The van der Waals surface area contributed by atoms with Gasteiger partial charge in [0.1, 0.15) is 0 Å². The average Bonchev–Trinajstić information content (AvgIpc) is 2.86. The van der Waals surface area contributed by atoms with Crippen molar-refractivity contribution in [1.82, 2.24) is 5.32 Å². The number of ether oxygens (including phenoxy) is 1. The van der Waals surface area contributed by atoms with Crippen molar-refractivity contribution in [2.75, 3.05) is 24.7 Å². The summed E-state index contributed by atoms with van der Waals surface area (Å²) in [5.41, 5.74) is 0. The Morgan fingerprint density at radius 1 is 1.21 bits per heavy atom. The lowest BCUT2D eigenvalue weighted by Gasteiger charge is -2.14. The molecule has 0 spiro atoms. The zero-order valence-corrected chi connectivity index (χ0v) is 9.65. The van der Waals surface area contributed by atoms with Crippen LogP contribution >= 0.6 is 11.8 Å². The SMILES string of the molecule is C1CCC(OCCNC2CCSC2)C1. The van der Waals surface area contributed by atoms with Crippen LogP contribution in [0.25, 0.3) is 0 Å². The summed E-state index contributed by atoms with van der Waals surface area (Å²) in [7, 11) is 0. The molecule has 1 heterocycles. The van der Waals surface area contributed by atoms with Crippen LogP contribution in [0.1, 0.15) is 32.1 Å². The minimum Gasteiger partial charge on any atom is -0.377 e. The van der Waals surface area contributed by atoms with Gasteiger partial charge in [-0.3, -0.25) is 0 Å². The molecule has 0 aromatic carbocycles. The van der Waals surface area contributed by atoms with Crippen LogP contribution in [0.5, 0.6) is 0 Å². The highest BCUT2D eigenvalue weighted by atomic mass is 32.2. The maximum Gasteiger partial charge on any atom is 0.0594 e. The third kappa shape index (κ3) is 3.44. The van der Waals surface area contributed by atoms with Gasteiger partial charge in [-0.2, -0.15) is 11.8 Å². The average molecular weight is 215 g/mol. The number of rotatable bonds is 5. The highest BCUT2D eigenvalue weighted by Crippen LogP contribution is 2.20. The number of thioether (sulfide) groups is 1. The van der Waals surface area contributed by atoms with Gasteiger partial charge >= 0.3 is 0 Å². The van der Waals surface area contributed by atoms with E-state index in [4.69, 9.17) is 4.74 Å². The van der Waals surface area contributed by atoms with Gasteiger partial charge in [-0.1, -0.05) is 12.8 Å². The van der Waals surface area contributed by atoms with Gasteiger partial charge in [0.05, 0.1) is 12.7 Å². The third-order valence-electron chi connectivity index (χ3n) is 3.12. The van der Waals surface area contributed by atoms with Crippen LogP contribution in [0, 0.1) is 0 Å². The first-order valence-corrected chi connectivity index (χ1v) is 7.03. The van der Waals surface area contributed by atoms with Crippen molar-refractivity contribution in [3.05, 3.63) is 0 Å². The van der Waals surface area contributed by atoms with E-state index in [1.54, 1.807) is 0 Å². The molecule has 0 amide bonds. The van der Waals surface area contributed by atoms with E-state index in [1.807, 2.05) is 0 Å². The summed E-state index contributed by atoms with van der Waals surface area (Å²) >= 11 is 2.06. The molecule has 0 aromatic heterocycles. The Bertz CT molecular complexity index is 135. The van der Waals surface area contributed by atoms with Crippen molar-refractivity contribution < 1.29 is 4.74 Å². The molecular weight excluding hydrogens is 194 g/mol. The Balaban J connectivity index is 1.46. The molecule has 1 atom stereocenters. The number of hydrogen-bond donors (Lipinski definition) is 1. The van der Waals surface area contributed by atoms with Gasteiger partial charge in [0.15, 0.2) is 0 Å². The number of nitrogens with one attached hydrogen (secondary N) is 1. The van der Waals surface area contributed by atoms with Gasteiger partial charge in [0.25, 0.3) is 0 Å². The predicted molar refractivity (Wildman–Crippen MR) is 61.9 cm³/mol. The molecule has 2 rings (SSSR count). The lowest BCUT2D eigenvalue weighted by molar-refractivity contribution is 0.0594. The largest absolute Gasteiger partial charge is 0.377 e. The first-order valence-electron chi connectivity index (χ1n) is 5.88. The fourth-order valence-electron chi connectivity index (χ4n) is 2.24. The van der Waals surface area contributed by atoms with Crippen molar-refractivity contribution in [3.63, 3.8) is 0 Å². The van der Waals surface area contributed by atoms with Crippen molar-refractivity contribution in [3.8, 4) is 0 Å². The molecule has 0 radical (unpaired) electrons. The summed E-state index contributed by atoms with van der Waals surface area (Å²) in [5, 5.41) is 3.56. The third-order valence-corrected chi connectivity index (χ3v) is 4.28. The summed E-state index contributed by atoms with van der Waals surface area (Å²) in [5.74, 6) is 2.63. The van der Waals surface area contributed by atoms with Crippen molar-refractivity contribution in [2.45, 2.75) is 44.2 Å². The highest BCUT2D eigenvalue weighted by molar-refractivity contribution is 7.99. The maximum absolute atomic E-state index is 5.79. The lowest BCUT2D eigenvalue weighted by Crippen LogP contribution is -2.32. The van der Waals surface area contributed by atoms with Gasteiger partial charge in [-0.25, -0.2) is 0 Å². The summed E-state index contributed by atoms with van der Waals surface area (Å²) in [4.78, 5) is 0. The monoisotopic (exact) mass is 215 g/mol. The fourth-order valence-corrected chi connectivity index (χ4v) is 3.43. The second kappa shape index (κ2) is 5.99. The van der Waals surface area contributed by atoms with Gasteiger partial charge in [0.2, 0.25) is 0 Å². The van der Waals surface area contributed by atoms with Crippen molar-refractivity contribution in [2.24, 2.45) is 0 Å². The van der Waals surface area contributed by atoms with Gasteiger partial charge in [0, 0.05) is 18.3 Å². The molecule has 14 heavy (non-hydrogen) atoms. The van der Waals surface area contributed by atoms with Crippen LogP contribution in [0.4, 0.5) is 0 Å². The Labute approximate surface area is 91.2 Å². The summed E-state index contributed by atoms with van der Waals surface area (Å²) in [6.07, 6.45) is 7.25. The Morgan fingerprint density at radius 2 is 2.07 bits per heavy atom. The van der Waals surface area contributed by atoms with Crippen LogP contribution in [-0.4, -0.2) is 36.8 Å². The fraction of sp³-hybridized carbons (Fsp3) is 1.00. The van der Waals surface area contributed by atoms with E-state index >= 15 is 0 Å². The Morgan fingerprint density at radius 3 is 2.79 bits per heavy atom. The molecule has 1 saturated carbocycles. The molecule has 2 fully saturated rings. The standard InChI is InChI=1S/C11H21NOS/c1-2-4-11(3-1)13-7-6-12-10-5-8-14-9-10/h10-12H,1-9H2. The molecule has 2 aliphatic rings. The molecular formula is C11H21NOS. The van der Waals surface area contributed by atoms with Gasteiger partial charge < -0.3 is 10.1 Å². The minimum absolute atomic E-state index is 0.578. The smallest absolute Gasteiger partial charge is 0.0594 e. The molecule has 0 bridgehead atoms. The van der Waals surface area contributed by atoms with Crippen LogP contribution < -0.4 is 5.32 Å². The van der Waals surface area contributed by atoms with Crippen LogP contribution in [0.3, 0.4) is 0 Å².